The van der Waals surface area contributed by atoms with Crippen LogP contribution in [0.1, 0.15) is 24.8 Å². The van der Waals surface area contributed by atoms with Crippen LogP contribution >= 0.6 is 0 Å². The predicted molar refractivity (Wildman–Crippen MR) is 79.6 cm³/mol. The van der Waals surface area contributed by atoms with Gasteiger partial charge in [0.1, 0.15) is 5.92 Å². The van der Waals surface area contributed by atoms with Crippen LogP contribution < -0.4 is 0 Å². The van der Waals surface area contributed by atoms with Gasteiger partial charge in [0.2, 0.25) is 12.6 Å². The maximum absolute atomic E-state index is 11.2. The molecular formula is C15H16N2O4. The van der Waals surface area contributed by atoms with Gasteiger partial charge < -0.3 is 0 Å². The van der Waals surface area contributed by atoms with Crippen molar-refractivity contribution in [1.29, 1.82) is 0 Å². The molecule has 0 amide bonds. The highest BCUT2D eigenvalue weighted by atomic mass is 16.6. The maximum atomic E-state index is 11.2. The lowest BCUT2D eigenvalue weighted by Crippen LogP contribution is -2.31. The average molecular weight is 288 g/mol. The Hall–Kier alpha value is -2.50. The van der Waals surface area contributed by atoms with Crippen molar-refractivity contribution in [2.45, 2.75) is 25.3 Å². The van der Waals surface area contributed by atoms with E-state index < -0.39 is 28.4 Å². The summed E-state index contributed by atoms with van der Waals surface area (Å²) in [4.78, 5) is 21.2. The molecule has 0 aromatic heterocycles. The first-order valence-electron chi connectivity index (χ1n) is 6.77. The Balaban J connectivity index is 2.46. The molecule has 2 aromatic rings. The van der Waals surface area contributed by atoms with Crippen molar-refractivity contribution in [3.8, 4) is 0 Å². The van der Waals surface area contributed by atoms with E-state index in [9.17, 15) is 20.2 Å². The lowest BCUT2D eigenvalue weighted by Gasteiger charge is -2.17. The summed E-state index contributed by atoms with van der Waals surface area (Å²) >= 11 is 0. The summed E-state index contributed by atoms with van der Waals surface area (Å²) in [6, 6.07) is 12.1. The molecule has 21 heavy (non-hydrogen) atoms. The molecule has 110 valence electrons. The Kier molecular flexibility index (Phi) is 4.47. The molecule has 6 nitrogen and oxygen atoms in total. The number of nitro groups is 2. The van der Waals surface area contributed by atoms with Crippen LogP contribution in [-0.4, -0.2) is 22.4 Å². The molecule has 0 saturated carbocycles. The molecule has 0 fully saturated rings. The van der Waals surface area contributed by atoms with Gasteiger partial charge in [0, 0.05) is 16.3 Å². The average Bonchev–Trinajstić information content (AvgIpc) is 2.45. The van der Waals surface area contributed by atoms with E-state index in [1.807, 2.05) is 36.4 Å². The molecule has 0 unspecified atom stereocenters. The van der Waals surface area contributed by atoms with Crippen molar-refractivity contribution in [3.63, 3.8) is 0 Å². The maximum Gasteiger partial charge on any atom is 0.226 e. The predicted octanol–water partition coefficient (Wildman–Crippen LogP) is 3.26. The summed E-state index contributed by atoms with van der Waals surface area (Å²) < 4.78 is 0. The van der Waals surface area contributed by atoms with Crippen molar-refractivity contribution >= 4 is 10.8 Å². The number of hydrogen-bond acceptors (Lipinski definition) is 4. The summed E-state index contributed by atoms with van der Waals surface area (Å²) in [5.41, 5.74) is 0.647. The second kappa shape index (κ2) is 6.30. The largest absolute Gasteiger partial charge is 0.265 e. The lowest BCUT2D eigenvalue weighted by molar-refractivity contribution is -0.547. The van der Waals surface area contributed by atoms with Crippen LogP contribution in [0.15, 0.2) is 42.5 Å². The zero-order valence-electron chi connectivity index (χ0n) is 11.6. The van der Waals surface area contributed by atoms with Gasteiger partial charge in [0.15, 0.2) is 0 Å². The summed E-state index contributed by atoms with van der Waals surface area (Å²) in [7, 11) is 0. The Morgan fingerprint density at radius 3 is 2.29 bits per heavy atom. The fourth-order valence-electron chi connectivity index (χ4n) is 2.63. The van der Waals surface area contributed by atoms with E-state index in [2.05, 4.69) is 0 Å². The molecule has 6 heteroatoms. The van der Waals surface area contributed by atoms with Crippen LogP contribution in [0.25, 0.3) is 10.8 Å². The minimum absolute atomic E-state index is 0.262. The van der Waals surface area contributed by atoms with E-state index in [-0.39, 0.29) is 6.42 Å². The Bertz CT molecular complexity index is 672. The van der Waals surface area contributed by atoms with Crippen LogP contribution in [-0.2, 0) is 0 Å². The second-order valence-electron chi connectivity index (χ2n) is 4.99. The molecular weight excluding hydrogens is 272 g/mol. The smallest absolute Gasteiger partial charge is 0.226 e. The quantitative estimate of drug-likeness (QED) is 0.603. The van der Waals surface area contributed by atoms with Gasteiger partial charge in [0.25, 0.3) is 0 Å². The van der Waals surface area contributed by atoms with E-state index in [1.165, 1.54) is 0 Å². The van der Waals surface area contributed by atoms with Gasteiger partial charge in [0.05, 0.1) is 0 Å². The van der Waals surface area contributed by atoms with Crippen molar-refractivity contribution in [2.24, 2.45) is 0 Å². The molecule has 0 aliphatic carbocycles. The molecule has 2 rings (SSSR count). The molecule has 2 aromatic carbocycles. The highest BCUT2D eigenvalue weighted by Crippen LogP contribution is 2.27. The molecule has 0 radical (unpaired) electrons. The van der Waals surface area contributed by atoms with Gasteiger partial charge in [-0.2, -0.15) is 0 Å². The molecule has 0 saturated heterocycles. The third-order valence-corrected chi connectivity index (χ3v) is 3.70. The van der Waals surface area contributed by atoms with Crippen molar-refractivity contribution < 1.29 is 9.85 Å². The van der Waals surface area contributed by atoms with Crippen LogP contribution in [0.4, 0.5) is 0 Å². The second-order valence-corrected chi connectivity index (χ2v) is 4.99. The summed E-state index contributed by atoms with van der Waals surface area (Å²) in [6.07, 6.45) is 0.262. The molecule has 0 heterocycles. The van der Waals surface area contributed by atoms with Gasteiger partial charge in [-0.15, -0.1) is 0 Å². The van der Waals surface area contributed by atoms with Crippen LogP contribution in [0.2, 0.25) is 0 Å². The normalized spacial score (nSPS) is 13.8. The number of fused-ring (bicyclic) bond motifs is 1. The third kappa shape index (κ3) is 3.34. The van der Waals surface area contributed by atoms with Gasteiger partial charge in [-0.3, -0.25) is 20.2 Å². The summed E-state index contributed by atoms with van der Waals surface area (Å²) in [5, 5.41) is 24.0. The van der Waals surface area contributed by atoms with Crippen molar-refractivity contribution in [3.05, 3.63) is 68.3 Å². The Morgan fingerprint density at radius 2 is 1.71 bits per heavy atom. The van der Waals surface area contributed by atoms with Gasteiger partial charge in [-0.1, -0.05) is 49.4 Å². The first-order chi connectivity index (χ1) is 10.0. The Labute approximate surface area is 121 Å². The fraction of sp³-hybridized carbons (Fsp3) is 0.333. The lowest BCUT2D eigenvalue weighted by atomic mass is 9.89. The van der Waals surface area contributed by atoms with E-state index in [0.717, 1.165) is 10.8 Å². The molecule has 0 spiro atoms. The number of rotatable bonds is 6. The van der Waals surface area contributed by atoms with Crippen molar-refractivity contribution in [2.75, 3.05) is 6.54 Å². The van der Waals surface area contributed by atoms with Gasteiger partial charge in [-0.25, -0.2) is 0 Å². The molecule has 2 atom stereocenters. The van der Waals surface area contributed by atoms with E-state index in [4.69, 9.17) is 0 Å². The third-order valence-electron chi connectivity index (χ3n) is 3.70. The topological polar surface area (TPSA) is 86.3 Å². The molecule has 0 bridgehead atoms. The number of nitrogens with zero attached hydrogens (tertiary/aromatic N) is 2. The van der Waals surface area contributed by atoms with E-state index in [1.54, 1.807) is 13.0 Å². The zero-order chi connectivity index (χ0) is 15.4. The first kappa shape index (κ1) is 14.9. The fourth-order valence-corrected chi connectivity index (χ4v) is 2.63. The zero-order valence-corrected chi connectivity index (χ0v) is 11.6. The monoisotopic (exact) mass is 288 g/mol. The highest BCUT2D eigenvalue weighted by molar-refractivity contribution is 5.83. The van der Waals surface area contributed by atoms with Crippen molar-refractivity contribution in [1.82, 2.24) is 0 Å². The van der Waals surface area contributed by atoms with E-state index in [0.29, 0.717) is 5.56 Å². The van der Waals surface area contributed by atoms with Crippen LogP contribution in [0, 0.1) is 20.2 Å². The number of hydrogen-bond donors (Lipinski definition) is 0. The molecule has 0 aliphatic rings. The molecule has 0 N–H and O–H groups in total. The van der Waals surface area contributed by atoms with Gasteiger partial charge >= 0.3 is 0 Å². The molecule has 0 aliphatic heterocycles. The SMILES string of the molecule is CC[C@@H]([C@H](C[N+](=O)[O-])c1ccc2ccccc2c1)[N+](=O)[O-]. The minimum Gasteiger partial charge on any atom is -0.265 e. The van der Waals surface area contributed by atoms with Crippen LogP contribution in [0.5, 0.6) is 0 Å². The number of benzene rings is 2. The standard InChI is InChI=1S/C15H16N2O4/c1-2-15(17(20)21)14(10-16(18)19)13-8-7-11-5-3-4-6-12(11)9-13/h3-9,14-15H,2,10H2,1H3/t14-,15+/m1/s1. The highest BCUT2D eigenvalue weighted by Gasteiger charge is 2.35. The van der Waals surface area contributed by atoms with Crippen LogP contribution in [0.3, 0.4) is 0 Å². The Morgan fingerprint density at radius 1 is 1.05 bits per heavy atom. The van der Waals surface area contributed by atoms with E-state index >= 15 is 0 Å². The summed E-state index contributed by atoms with van der Waals surface area (Å²) in [5.74, 6) is -0.718. The minimum atomic E-state index is -0.948. The van der Waals surface area contributed by atoms with Gasteiger partial charge in [-0.05, 0) is 16.3 Å². The summed E-state index contributed by atoms with van der Waals surface area (Å²) in [6.45, 7) is 1.25. The first-order valence-corrected chi connectivity index (χ1v) is 6.77.